The molecule has 0 saturated carbocycles. The molecule has 9 rings (SSSR count). The highest BCUT2D eigenvalue weighted by atomic mass is 16.3. The van der Waals surface area contributed by atoms with Crippen LogP contribution in [0.25, 0.3) is 89.1 Å². The van der Waals surface area contributed by atoms with Gasteiger partial charge in [-0.25, -0.2) is 15.0 Å². The monoisotopic (exact) mass is 623 g/mol. The smallest absolute Gasteiger partial charge is 0.164 e. The molecule has 0 N–H and O–H groups in total. The number of hydrogen-bond acceptors (Lipinski definition) is 4. The van der Waals surface area contributed by atoms with Crippen LogP contribution in [0.1, 0.15) is 30.2 Å². The van der Waals surface area contributed by atoms with Crippen molar-refractivity contribution in [3.8, 4) is 56.4 Å². The van der Waals surface area contributed by atoms with E-state index in [1.54, 1.807) is 30.3 Å². The molecular formula is C43H27N3O. The quantitative estimate of drug-likeness (QED) is 0.191. The fraction of sp³-hybridized carbons (Fsp3) is 0. The first-order valence-electron chi connectivity index (χ1n) is 24.9. The molecular weight excluding hydrogens is 574 g/mol. The fourth-order valence-electron chi connectivity index (χ4n) is 4.99. The predicted molar refractivity (Wildman–Crippen MR) is 192 cm³/mol. The Morgan fingerprint density at radius 2 is 1.06 bits per heavy atom. The summed E-state index contributed by atoms with van der Waals surface area (Å²) in [6, 6.07) is -9.11. The maximum atomic E-state index is 9.35. The number of benzene rings is 7. The highest BCUT2D eigenvalue weighted by molar-refractivity contribution is 6.12. The van der Waals surface area contributed by atoms with Crippen molar-refractivity contribution in [3.63, 3.8) is 0 Å². The number of para-hydroxylation sites is 1. The molecule has 0 unspecified atom stereocenters. The number of nitrogens with zero attached hydrogens (tertiary/aromatic N) is 3. The zero-order valence-corrected chi connectivity index (χ0v) is 23.6. The summed E-state index contributed by atoms with van der Waals surface area (Å²) in [4.78, 5) is 13.1. The molecule has 0 aliphatic carbocycles. The van der Waals surface area contributed by atoms with Crippen molar-refractivity contribution in [3.05, 3.63) is 163 Å². The van der Waals surface area contributed by atoms with Gasteiger partial charge in [-0.3, -0.25) is 0 Å². The molecule has 9 aromatic rings. The minimum atomic E-state index is -0.965. The normalized spacial score (nSPS) is 18.0. The van der Waals surface area contributed by atoms with Gasteiger partial charge in [0, 0.05) is 27.5 Å². The lowest BCUT2D eigenvalue weighted by Gasteiger charge is -2.12. The first-order valence-corrected chi connectivity index (χ1v) is 13.9. The van der Waals surface area contributed by atoms with Crippen molar-refractivity contribution in [2.45, 2.75) is 0 Å². The molecule has 0 spiro atoms. The Labute approximate surface area is 302 Å². The average Bonchev–Trinajstić information content (AvgIpc) is 3.73. The van der Waals surface area contributed by atoms with Crippen LogP contribution in [0.2, 0.25) is 0 Å². The lowest BCUT2D eigenvalue weighted by molar-refractivity contribution is 0.669. The summed E-state index contributed by atoms with van der Waals surface area (Å²) >= 11 is 0. The molecule has 0 aliphatic heterocycles. The summed E-state index contributed by atoms with van der Waals surface area (Å²) in [5.74, 6) is -2.29. The van der Waals surface area contributed by atoms with Crippen molar-refractivity contribution >= 4 is 32.7 Å². The van der Waals surface area contributed by atoms with Crippen LogP contribution in [-0.2, 0) is 0 Å². The molecule has 47 heavy (non-hydrogen) atoms. The summed E-state index contributed by atoms with van der Waals surface area (Å²) in [6.07, 6.45) is 0. The van der Waals surface area contributed by atoms with Gasteiger partial charge in [0.25, 0.3) is 0 Å². The van der Waals surface area contributed by atoms with E-state index in [0.717, 1.165) is 0 Å². The molecule has 4 nitrogen and oxygen atoms in total. The Morgan fingerprint density at radius 3 is 1.89 bits per heavy atom. The van der Waals surface area contributed by atoms with Gasteiger partial charge >= 0.3 is 0 Å². The molecule has 0 saturated heterocycles. The zero-order valence-electron chi connectivity index (χ0n) is 45.6. The van der Waals surface area contributed by atoms with Crippen molar-refractivity contribution in [2.24, 2.45) is 0 Å². The van der Waals surface area contributed by atoms with E-state index < -0.39 is 195 Å². The first-order chi connectivity index (χ1) is 32.5. The highest BCUT2D eigenvalue weighted by Gasteiger charge is 2.16. The Kier molecular flexibility index (Phi) is 3.05. The zero-order chi connectivity index (χ0) is 50.3. The van der Waals surface area contributed by atoms with E-state index in [1.807, 2.05) is 0 Å². The third-order valence-corrected chi connectivity index (χ3v) is 7.13. The van der Waals surface area contributed by atoms with Crippen LogP contribution < -0.4 is 0 Å². The number of furan rings is 1. The molecule has 0 atom stereocenters. The second-order valence-corrected chi connectivity index (χ2v) is 9.93. The molecule has 0 radical (unpaired) electrons. The lowest BCUT2D eigenvalue weighted by atomic mass is 9.98. The van der Waals surface area contributed by atoms with E-state index >= 15 is 0 Å². The number of hydrogen-bond donors (Lipinski definition) is 0. The van der Waals surface area contributed by atoms with Gasteiger partial charge in [-0.05, 0) is 51.2 Å². The van der Waals surface area contributed by atoms with E-state index in [-0.39, 0.29) is 21.7 Å². The van der Waals surface area contributed by atoms with Crippen LogP contribution in [0, 0.1) is 0 Å². The largest absolute Gasteiger partial charge is 0.456 e. The predicted octanol–water partition coefficient (Wildman–Crippen LogP) is 11.3. The minimum absolute atomic E-state index is 0.0867. The van der Waals surface area contributed by atoms with Crippen LogP contribution in [0.5, 0.6) is 0 Å². The van der Waals surface area contributed by atoms with Gasteiger partial charge in [-0.2, -0.15) is 0 Å². The maximum Gasteiger partial charge on any atom is 0.164 e. The fourth-order valence-corrected chi connectivity index (χ4v) is 4.99. The maximum absolute atomic E-state index is 9.35. The molecule has 7 aromatic carbocycles. The highest BCUT2D eigenvalue weighted by Crippen LogP contribution is 2.37. The second kappa shape index (κ2) is 11.2. The summed E-state index contributed by atoms with van der Waals surface area (Å²) in [5, 5.41) is -1.59. The molecule has 2 heterocycles. The summed E-state index contributed by atoms with van der Waals surface area (Å²) in [6.45, 7) is 0. The van der Waals surface area contributed by atoms with Crippen LogP contribution in [0.4, 0.5) is 0 Å². The standard InChI is InChI=1S/C43H27N3O/c1-3-11-28(12-4-1)32-25-26-34-33(27-32)15-9-18-36(34)43-45-41(30-13-5-2-6-14-30)44-42(46-43)31-23-21-29(22-24-31)35-17-10-20-39-40(35)37-16-7-8-19-38(37)47-39/h1-27H/i2D,5D,6D,7D,8D,9D,10D,13D,14D,15D,16D,17D,18D,19D,20D,21D,22D,23D,24D,25D,26D,27D. The second-order valence-electron chi connectivity index (χ2n) is 9.93. The Balaban J connectivity index is 1.42. The third kappa shape index (κ3) is 4.84. The van der Waals surface area contributed by atoms with Crippen LogP contribution >= 0.6 is 0 Å². The lowest BCUT2D eigenvalue weighted by Crippen LogP contribution is -2.00. The molecule has 0 bridgehead atoms. The van der Waals surface area contributed by atoms with Gasteiger partial charge in [0.1, 0.15) is 11.2 Å². The van der Waals surface area contributed by atoms with E-state index in [9.17, 15) is 8.22 Å². The molecule has 0 fully saturated rings. The molecule has 220 valence electrons. The Bertz CT molecular complexity index is 3760. The van der Waals surface area contributed by atoms with Crippen molar-refractivity contribution < 1.29 is 34.6 Å². The Morgan fingerprint density at radius 1 is 0.426 bits per heavy atom. The number of aromatic nitrogens is 3. The van der Waals surface area contributed by atoms with Gasteiger partial charge in [0.15, 0.2) is 17.5 Å². The SMILES string of the molecule is [2H]c1c([2H])c([2H])c(-c2nc(-c3c([2H])c([2H])c(-c4c([2H])c([2H])c([2H])c5oc6c([2H])c([2H])c([2H])c([2H])c6c45)c([2H])c3[2H])nc(-c3c([2H])c([2H])c([2H])c4c([2H])c(-c5ccccc5)c([2H])c([2H])c34)n2)c([2H])c1[2H]. The molecule has 2 aromatic heterocycles. The van der Waals surface area contributed by atoms with Crippen molar-refractivity contribution in [2.75, 3.05) is 0 Å². The number of fused-ring (bicyclic) bond motifs is 4. The topological polar surface area (TPSA) is 51.8 Å². The number of rotatable bonds is 5. The van der Waals surface area contributed by atoms with Gasteiger partial charge in [-0.1, -0.05) is 145 Å². The van der Waals surface area contributed by atoms with Crippen LogP contribution in [0.3, 0.4) is 0 Å². The average molecular weight is 624 g/mol. The van der Waals surface area contributed by atoms with Gasteiger partial charge in [0.2, 0.25) is 0 Å². The Hall–Kier alpha value is -6.39. The molecule has 0 amide bonds. The van der Waals surface area contributed by atoms with Crippen molar-refractivity contribution in [1.29, 1.82) is 0 Å². The van der Waals surface area contributed by atoms with Crippen LogP contribution in [0.15, 0.2) is 168 Å². The molecule has 0 aliphatic rings. The van der Waals surface area contributed by atoms with Crippen molar-refractivity contribution in [1.82, 2.24) is 15.0 Å². The summed E-state index contributed by atoms with van der Waals surface area (Å²) in [7, 11) is 0. The van der Waals surface area contributed by atoms with E-state index in [0.29, 0.717) is 5.56 Å². The third-order valence-electron chi connectivity index (χ3n) is 7.13. The minimum Gasteiger partial charge on any atom is -0.456 e. The molecule has 4 heteroatoms. The van der Waals surface area contributed by atoms with Crippen LogP contribution in [-0.4, -0.2) is 15.0 Å². The first kappa shape index (κ1) is 12.8. The van der Waals surface area contributed by atoms with Gasteiger partial charge < -0.3 is 4.42 Å². The summed E-state index contributed by atoms with van der Waals surface area (Å²) < 4.78 is 200. The van der Waals surface area contributed by atoms with E-state index in [4.69, 9.17) is 26.3 Å². The van der Waals surface area contributed by atoms with Gasteiger partial charge in [0.05, 0.1) is 30.2 Å². The van der Waals surface area contributed by atoms with E-state index in [1.165, 1.54) is 0 Å². The summed E-state index contributed by atoms with van der Waals surface area (Å²) in [5.41, 5.74) is -4.00. The van der Waals surface area contributed by atoms with Gasteiger partial charge in [-0.15, -0.1) is 0 Å². The van der Waals surface area contributed by atoms with E-state index in [2.05, 4.69) is 15.0 Å².